The first-order chi connectivity index (χ1) is 13.0. The normalized spacial score (nSPS) is 24.9. The Morgan fingerprint density at radius 1 is 1.04 bits per heavy atom. The lowest BCUT2D eigenvalue weighted by Crippen LogP contribution is -2.33. The number of carbonyl (C=O) groups is 1. The van der Waals surface area contributed by atoms with E-state index in [1.165, 1.54) is 5.56 Å². The zero-order valence-corrected chi connectivity index (χ0v) is 16.9. The third-order valence-corrected chi connectivity index (χ3v) is 6.45. The van der Waals surface area contributed by atoms with E-state index in [1.54, 1.807) is 25.3 Å². The Hall–Kier alpha value is -1.75. The largest absolute Gasteiger partial charge is 0.497 e. The van der Waals surface area contributed by atoms with Crippen LogP contribution >= 0.6 is 23.2 Å². The van der Waals surface area contributed by atoms with Gasteiger partial charge in [0.05, 0.1) is 22.7 Å². The van der Waals surface area contributed by atoms with Gasteiger partial charge in [0.25, 0.3) is 5.91 Å². The van der Waals surface area contributed by atoms with Crippen LogP contribution in [0.5, 0.6) is 5.75 Å². The number of hydrogen-bond acceptors (Lipinski definition) is 3. The van der Waals surface area contributed by atoms with E-state index in [-0.39, 0.29) is 5.91 Å². The van der Waals surface area contributed by atoms with Gasteiger partial charge in [-0.25, -0.2) is 0 Å². The van der Waals surface area contributed by atoms with Crippen molar-refractivity contribution in [3.63, 3.8) is 0 Å². The molecule has 1 amide bonds. The Labute approximate surface area is 169 Å². The molecule has 2 aromatic rings. The number of amides is 1. The minimum atomic E-state index is -0.0730. The number of rotatable bonds is 3. The molecule has 2 aromatic carbocycles. The first-order valence-corrected chi connectivity index (χ1v) is 9.82. The molecular weight excluding hydrogens is 383 g/mol. The van der Waals surface area contributed by atoms with Crippen LogP contribution in [0.3, 0.4) is 0 Å². The molecule has 0 saturated carbocycles. The summed E-state index contributed by atoms with van der Waals surface area (Å²) in [5.74, 6) is 1.63. The summed E-state index contributed by atoms with van der Waals surface area (Å²) in [5.41, 5.74) is 1.67. The number of fused-ring (bicyclic) bond motifs is 1. The standard InChI is InChI=1S/C21H22Cl2N2O2/c1-24-10-14-11-25(21(26)19-17(22)4-3-5-18(19)23)12-16(14)20(24)13-6-8-15(27-2)9-7-13/h3-9,14,16,20H,10-12H2,1-2H3/t14-,16+,20-/m0/s1. The molecule has 0 aromatic heterocycles. The molecule has 2 fully saturated rings. The Morgan fingerprint density at radius 2 is 1.70 bits per heavy atom. The van der Waals surface area contributed by atoms with Crippen LogP contribution in [-0.2, 0) is 0 Å². The van der Waals surface area contributed by atoms with Crippen LogP contribution in [0.4, 0.5) is 0 Å². The highest BCUT2D eigenvalue weighted by Crippen LogP contribution is 2.45. The molecule has 2 aliphatic heterocycles. The van der Waals surface area contributed by atoms with Crippen molar-refractivity contribution in [1.29, 1.82) is 0 Å². The smallest absolute Gasteiger partial charge is 0.256 e. The molecule has 2 heterocycles. The van der Waals surface area contributed by atoms with Gasteiger partial charge in [0, 0.05) is 31.6 Å². The average molecular weight is 405 g/mol. The molecule has 27 heavy (non-hydrogen) atoms. The Kier molecular flexibility index (Phi) is 5.06. The van der Waals surface area contributed by atoms with E-state index in [4.69, 9.17) is 27.9 Å². The number of ether oxygens (including phenoxy) is 1. The van der Waals surface area contributed by atoms with Crippen LogP contribution in [0.25, 0.3) is 0 Å². The highest BCUT2D eigenvalue weighted by molar-refractivity contribution is 6.39. The maximum atomic E-state index is 13.1. The van der Waals surface area contributed by atoms with Gasteiger partial charge in [0.2, 0.25) is 0 Å². The second-order valence-electron chi connectivity index (χ2n) is 7.39. The van der Waals surface area contributed by atoms with E-state index in [9.17, 15) is 4.79 Å². The fourth-order valence-electron chi connectivity index (χ4n) is 4.59. The Bertz CT molecular complexity index is 836. The predicted molar refractivity (Wildman–Crippen MR) is 108 cm³/mol. The highest BCUT2D eigenvalue weighted by atomic mass is 35.5. The van der Waals surface area contributed by atoms with Gasteiger partial charge in [-0.1, -0.05) is 41.4 Å². The lowest BCUT2D eigenvalue weighted by Gasteiger charge is -2.27. The summed E-state index contributed by atoms with van der Waals surface area (Å²) in [5, 5.41) is 0.821. The zero-order chi connectivity index (χ0) is 19.1. The summed E-state index contributed by atoms with van der Waals surface area (Å²) in [6.07, 6.45) is 0. The van der Waals surface area contributed by atoms with Gasteiger partial charge >= 0.3 is 0 Å². The minimum absolute atomic E-state index is 0.0730. The van der Waals surface area contributed by atoms with E-state index in [1.807, 2.05) is 17.0 Å². The van der Waals surface area contributed by atoms with E-state index in [0.29, 0.717) is 40.0 Å². The van der Waals surface area contributed by atoms with E-state index in [0.717, 1.165) is 18.8 Å². The quantitative estimate of drug-likeness (QED) is 0.760. The van der Waals surface area contributed by atoms with Crippen LogP contribution in [0.1, 0.15) is 22.0 Å². The van der Waals surface area contributed by atoms with Crippen LogP contribution in [0.2, 0.25) is 10.0 Å². The second kappa shape index (κ2) is 7.34. The number of methoxy groups -OCH3 is 1. The fraction of sp³-hybridized carbons (Fsp3) is 0.381. The molecule has 0 spiro atoms. The van der Waals surface area contributed by atoms with Crippen LogP contribution < -0.4 is 4.74 Å². The van der Waals surface area contributed by atoms with Crippen LogP contribution in [0, 0.1) is 11.8 Å². The van der Waals surface area contributed by atoms with Gasteiger partial charge in [0.15, 0.2) is 0 Å². The summed E-state index contributed by atoms with van der Waals surface area (Å²) in [6, 6.07) is 13.7. The molecule has 0 bridgehead atoms. The minimum Gasteiger partial charge on any atom is -0.497 e. The third kappa shape index (κ3) is 3.31. The zero-order valence-electron chi connectivity index (χ0n) is 15.4. The van der Waals surface area contributed by atoms with Crippen molar-refractivity contribution < 1.29 is 9.53 Å². The molecule has 3 atom stereocenters. The van der Waals surface area contributed by atoms with E-state index < -0.39 is 0 Å². The third-order valence-electron chi connectivity index (χ3n) is 5.82. The maximum Gasteiger partial charge on any atom is 0.256 e. The molecule has 142 valence electrons. The fourth-order valence-corrected chi connectivity index (χ4v) is 5.15. The van der Waals surface area contributed by atoms with E-state index >= 15 is 0 Å². The molecule has 0 unspecified atom stereocenters. The van der Waals surface area contributed by atoms with Crippen molar-refractivity contribution in [2.75, 3.05) is 33.8 Å². The topological polar surface area (TPSA) is 32.8 Å². The molecule has 2 saturated heterocycles. The summed E-state index contributed by atoms with van der Waals surface area (Å²) >= 11 is 12.5. The van der Waals surface area contributed by atoms with Crippen molar-refractivity contribution in [3.8, 4) is 5.75 Å². The van der Waals surface area contributed by atoms with Gasteiger partial charge in [0.1, 0.15) is 5.75 Å². The second-order valence-corrected chi connectivity index (χ2v) is 8.20. The maximum absolute atomic E-state index is 13.1. The van der Waals surface area contributed by atoms with Gasteiger partial charge in [-0.05, 0) is 42.8 Å². The molecule has 6 heteroatoms. The van der Waals surface area contributed by atoms with Gasteiger partial charge < -0.3 is 9.64 Å². The van der Waals surface area contributed by atoms with Crippen molar-refractivity contribution in [2.24, 2.45) is 11.8 Å². The molecule has 4 rings (SSSR count). The summed E-state index contributed by atoms with van der Waals surface area (Å²) in [7, 11) is 3.83. The van der Waals surface area contributed by atoms with Crippen LogP contribution in [0.15, 0.2) is 42.5 Å². The summed E-state index contributed by atoms with van der Waals surface area (Å²) in [6.45, 7) is 2.43. The summed E-state index contributed by atoms with van der Waals surface area (Å²) in [4.78, 5) is 17.4. The lowest BCUT2D eigenvalue weighted by molar-refractivity contribution is 0.0768. The summed E-state index contributed by atoms with van der Waals surface area (Å²) < 4.78 is 5.27. The molecule has 0 radical (unpaired) electrons. The Morgan fingerprint density at radius 3 is 2.33 bits per heavy atom. The lowest BCUT2D eigenvalue weighted by atomic mass is 9.89. The number of nitrogens with zero attached hydrogens (tertiary/aromatic N) is 2. The SMILES string of the molecule is COc1ccc([C@H]2[C@@H]3CN(C(=O)c4c(Cl)cccc4Cl)C[C@@H]3CN2C)cc1. The number of benzene rings is 2. The monoisotopic (exact) mass is 404 g/mol. The predicted octanol–water partition coefficient (Wildman–Crippen LogP) is 4.38. The van der Waals surface area contributed by atoms with Crippen LogP contribution in [-0.4, -0.2) is 49.5 Å². The van der Waals surface area contributed by atoms with Crippen molar-refractivity contribution in [3.05, 3.63) is 63.6 Å². The number of likely N-dealkylation sites (tertiary alicyclic amines) is 2. The van der Waals surface area contributed by atoms with Crippen molar-refractivity contribution in [1.82, 2.24) is 9.80 Å². The molecular formula is C21H22Cl2N2O2. The Balaban J connectivity index is 1.56. The number of carbonyl (C=O) groups excluding carboxylic acids is 1. The average Bonchev–Trinajstić information content (AvgIpc) is 3.18. The molecule has 0 aliphatic carbocycles. The first kappa shape index (κ1) is 18.6. The van der Waals surface area contributed by atoms with Crippen molar-refractivity contribution >= 4 is 29.1 Å². The van der Waals surface area contributed by atoms with Gasteiger partial charge in [-0.15, -0.1) is 0 Å². The van der Waals surface area contributed by atoms with Gasteiger partial charge in [-0.3, -0.25) is 9.69 Å². The van der Waals surface area contributed by atoms with Crippen molar-refractivity contribution in [2.45, 2.75) is 6.04 Å². The molecule has 4 nitrogen and oxygen atoms in total. The molecule has 2 aliphatic rings. The first-order valence-electron chi connectivity index (χ1n) is 9.07. The van der Waals surface area contributed by atoms with E-state index in [2.05, 4.69) is 24.1 Å². The molecule has 0 N–H and O–H groups in total. The van der Waals surface area contributed by atoms with Gasteiger partial charge in [-0.2, -0.15) is 0 Å². The number of halogens is 2. The number of hydrogen-bond donors (Lipinski definition) is 0. The highest BCUT2D eigenvalue weighted by Gasteiger charge is 2.47.